The van der Waals surface area contributed by atoms with Gasteiger partial charge in [-0.3, -0.25) is 4.98 Å². The van der Waals surface area contributed by atoms with Gasteiger partial charge in [0.2, 0.25) is 0 Å². The highest BCUT2D eigenvalue weighted by molar-refractivity contribution is 6.25. The molecule has 0 bridgehead atoms. The number of benzene rings is 7. The summed E-state index contributed by atoms with van der Waals surface area (Å²) in [6, 6.07) is 50.8. The molecule has 3 aromatic heterocycles. The first kappa shape index (κ1) is 29.2. The monoisotopic (exact) mass is 651 g/mol. The highest BCUT2D eigenvalue weighted by Gasteiger charge is 2.19. The maximum atomic E-state index is 4.49. The van der Waals surface area contributed by atoms with Crippen LogP contribution in [-0.2, 0) is 0 Å². The van der Waals surface area contributed by atoms with E-state index in [1.165, 1.54) is 70.7 Å². The smallest absolute Gasteiger partial charge is 0.0724 e. The number of aromatic nitrogens is 3. The Hall–Kier alpha value is -6.71. The average Bonchev–Trinajstić information content (AvgIpc) is 3.70. The summed E-state index contributed by atoms with van der Waals surface area (Å²) in [7, 11) is 0. The highest BCUT2D eigenvalue weighted by Crippen LogP contribution is 2.40. The van der Waals surface area contributed by atoms with Crippen LogP contribution in [0.1, 0.15) is 18.2 Å². The van der Waals surface area contributed by atoms with Gasteiger partial charge in [0.05, 0.1) is 28.4 Å². The van der Waals surface area contributed by atoms with Crippen LogP contribution in [0.15, 0.2) is 165 Å². The predicted molar refractivity (Wildman–Crippen MR) is 218 cm³/mol. The van der Waals surface area contributed by atoms with Crippen LogP contribution in [0, 0.1) is 0 Å². The van der Waals surface area contributed by atoms with Crippen molar-refractivity contribution in [2.75, 3.05) is 0 Å². The average molecular weight is 652 g/mol. The molecular weight excluding hydrogens is 619 g/mol. The first-order chi connectivity index (χ1) is 25.2. The molecule has 0 aliphatic heterocycles. The van der Waals surface area contributed by atoms with Gasteiger partial charge >= 0.3 is 0 Å². The van der Waals surface area contributed by atoms with Gasteiger partial charge in [0.15, 0.2) is 0 Å². The molecular formula is C48H33N3. The molecule has 0 atom stereocenters. The van der Waals surface area contributed by atoms with Crippen molar-refractivity contribution < 1.29 is 0 Å². The molecule has 0 aliphatic carbocycles. The van der Waals surface area contributed by atoms with E-state index >= 15 is 0 Å². The minimum absolute atomic E-state index is 1.08. The van der Waals surface area contributed by atoms with Crippen LogP contribution < -0.4 is 0 Å². The van der Waals surface area contributed by atoms with Crippen molar-refractivity contribution in [3.8, 4) is 22.5 Å². The lowest BCUT2D eigenvalue weighted by Crippen LogP contribution is -1.97. The number of nitrogens with zero attached hydrogens (tertiary/aromatic N) is 3. The van der Waals surface area contributed by atoms with Gasteiger partial charge in [0.25, 0.3) is 0 Å². The van der Waals surface area contributed by atoms with Crippen LogP contribution in [0.25, 0.3) is 99.7 Å². The molecule has 3 nitrogen and oxygen atoms in total. The third kappa shape index (κ3) is 4.35. The molecule has 3 heteroatoms. The Labute approximate surface area is 295 Å². The molecule has 10 aromatic rings. The molecule has 240 valence electrons. The largest absolute Gasteiger partial charge is 0.309 e. The second kappa shape index (κ2) is 11.4. The Kier molecular flexibility index (Phi) is 6.55. The van der Waals surface area contributed by atoms with Gasteiger partial charge in [-0.15, -0.1) is 0 Å². The lowest BCUT2D eigenvalue weighted by Gasteiger charge is -2.14. The van der Waals surface area contributed by atoms with E-state index in [4.69, 9.17) is 0 Å². The summed E-state index contributed by atoms with van der Waals surface area (Å²) in [5.74, 6) is 0. The van der Waals surface area contributed by atoms with E-state index in [0.717, 1.165) is 28.1 Å². The van der Waals surface area contributed by atoms with E-state index in [9.17, 15) is 0 Å². The predicted octanol–water partition coefficient (Wildman–Crippen LogP) is 12.9. The minimum atomic E-state index is 1.08. The molecule has 0 N–H and O–H groups in total. The van der Waals surface area contributed by atoms with Crippen LogP contribution >= 0.6 is 0 Å². The molecule has 51 heavy (non-hydrogen) atoms. The Morgan fingerprint density at radius 2 is 1.10 bits per heavy atom. The zero-order valence-corrected chi connectivity index (χ0v) is 28.2. The number of hydrogen-bond donors (Lipinski definition) is 0. The molecule has 0 aliphatic rings. The van der Waals surface area contributed by atoms with Crippen molar-refractivity contribution in [2.24, 2.45) is 0 Å². The summed E-state index contributed by atoms with van der Waals surface area (Å²) >= 11 is 0. The summed E-state index contributed by atoms with van der Waals surface area (Å²) in [5, 5.41) is 11.2. The topological polar surface area (TPSA) is 22.8 Å². The van der Waals surface area contributed by atoms with E-state index in [2.05, 4.69) is 179 Å². The number of rotatable bonds is 5. The summed E-state index contributed by atoms with van der Waals surface area (Å²) in [5.41, 5.74) is 10.3. The fourth-order valence-electron chi connectivity index (χ4n) is 8.27. The second-order valence-electron chi connectivity index (χ2n) is 13.2. The normalized spacial score (nSPS) is 12.0. The van der Waals surface area contributed by atoms with Gasteiger partial charge in [-0.1, -0.05) is 104 Å². The van der Waals surface area contributed by atoms with Crippen molar-refractivity contribution in [3.05, 3.63) is 176 Å². The number of fused-ring (bicyclic) bond motifs is 10. The third-order valence-corrected chi connectivity index (χ3v) is 10.5. The molecule has 0 saturated heterocycles. The van der Waals surface area contributed by atoms with E-state index in [0.29, 0.717) is 0 Å². The number of allylic oxidation sites excluding steroid dienone is 1. The van der Waals surface area contributed by atoms with E-state index in [-0.39, 0.29) is 0 Å². The quantitative estimate of drug-likeness (QED) is 0.170. The SMILES string of the molecule is C=Cc1c(/C=C\C)c2cc(-c3ccc4c(c3)c3ccncc3n4-c3ccccc3)ccc2n1-c1ccc2c3ccccc3c3ccccc3c2c1. The van der Waals surface area contributed by atoms with Gasteiger partial charge < -0.3 is 9.13 Å². The minimum Gasteiger partial charge on any atom is -0.309 e. The number of para-hydroxylation sites is 1. The van der Waals surface area contributed by atoms with E-state index < -0.39 is 0 Å². The van der Waals surface area contributed by atoms with Gasteiger partial charge in [0, 0.05) is 39.3 Å². The lowest BCUT2D eigenvalue weighted by molar-refractivity contribution is 1.11. The summed E-state index contributed by atoms with van der Waals surface area (Å²) in [6.45, 7) is 6.40. The van der Waals surface area contributed by atoms with Crippen LogP contribution in [0.2, 0.25) is 0 Å². The van der Waals surface area contributed by atoms with Gasteiger partial charge in [-0.05, 0) is 111 Å². The molecule has 3 heterocycles. The summed E-state index contributed by atoms with van der Waals surface area (Å²) in [4.78, 5) is 4.49. The van der Waals surface area contributed by atoms with E-state index in [1.807, 2.05) is 18.5 Å². The number of pyridine rings is 1. The van der Waals surface area contributed by atoms with Crippen LogP contribution in [0.4, 0.5) is 0 Å². The summed E-state index contributed by atoms with van der Waals surface area (Å²) < 4.78 is 4.68. The molecule has 7 aromatic carbocycles. The Bertz CT molecular complexity index is 3010. The van der Waals surface area contributed by atoms with Gasteiger partial charge in [-0.25, -0.2) is 0 Å². The van der Waals surface area contributed by atoms with Crippen LogP contribution in [0.5, 0.6) is 0 Å². The first-order valence-corrected chi connectivity index (χ1v) is 17.4. The van der Waals surface area contributed by atoms with Crippen molar-refractivity contribution in [3.63, 3.8) is 0 Å². The second-order valence-corrected chi connectivity index (χ2v) is 13.2. The van der Waals surface area contributed by atoms with Crippen molar-refractivity contribution in [2.45, 2.75) is 6.92 Å². The van der Waals surface area contributed by atoms with Crippen molar-refractivity contribution >= 4 is 77.2 Å². The molecule has 0 spiro atoms. The molecule has 10 rings (SSSR count). The third-order valence-electron chi connectivity index (χ3n) is 10.5. The molecule has 0 unspecified atom stereocenters. The Morgan fingerprint density at radius 1 is 0.490 bits per heavy atom. The Balaban J connectivity index is 1.19. The lowest BCUT2D eigenvalue weighted by atomic mass is 9.94. The van der Waals surface area contributed by atoms with Gasteiger partial charge in [-0.2, -0.15) is 0 Å². The van der Waals surface area contributed by atoms with Crippen LogP contribution in [-0.4, -0.2) is 14.1 Å². The zero-order valence-electron chi connectivity index (χ0n) is 28.2. The van der Waals surface area contributed by atoms with Crippen LogP contribution in [0.3, 0.4) is 0 Å². The maximum Gasteiger partial charge on any atom is 0.0724 e. The summed E-state index contributed by atoms with van der Waals surface area (Å²) in [6.07, 6.45) is 10.2. The zero-order chi connectivity index (χ0) is 34.1. The van der Waals surface area contributed by atoms with Gasteiger partial charge in [0.1, 0.15) is 0 Å². The van der Waals surface area contributed by atoms with Crippen molar-refractivity contribution in [1.82, 2.24) is 14.1 Å². The molecule has 0 radical (unpaired) electrons. The fourth-order valence-corrected chi connectivity index (χ4v) is 8.27. The maximum absolute atomic E-state index is 4.49. The standard InChI is InChI=1S/C48H33N3/c1-3-12-40-43-27-31(32-19-23-46-44(28-32)41-25-26-49-30-48(41)50(46)33-13-6-5-7-14-33)20-24-47(43)51(45(40)4-2)34-21-22-39-37-17-9-8-15-35(37)36-16-10-11-18-38(36)42(39)29-34/h3-30H,2H2,1H3/b12-3-. The van der Waals surface area contributed by atoms with E-state index in [1.54, 1.807) is 0 Å². The molecule has 0 amide bonds. The highest BCUT2D eigenvalue weighted by atomic mass is 15.0. The molecule has 0 saturated carbocycles. The molecule has 0 fully saturated rings. The van der Waals surface area contributed by atoms with Crippen molar-refractivity contribution in [1.29, 1.82) is 0 Å². The first-order valence-electron chi connectivity index (χ1n) is 17.4. The Morgan fingerprint density at radius 3 is 1.76 bits per heavy atom. The fraction of sp³-hybridized carbons (Fsp3) is 0.0208. The number of hydrogen-bond acceptors (Lipinski definition) is 1.